The normalized spacial score (nSPS) is 13.0. The van der Waals surface area contributed by atoms with Crippen molar-refractivity contribution in [3.63, 3.8) is 0 Å². The molecule has 1 atom stereocenters. The van der Waals surface area contributed by atoms with Gasteiger partial charge in [-0.2, -0.15) is 13.2 Å². The van der Waals surface area contributed by atoms with Crippen LogP contribution < -0.4 is 5.32 Å². The lowest BCUT2D eigenvalue weighted by Crippen LogP contribution is -2.27. The van der Waals surface area contributed by atoms with Crippen LogP contribution in [0.5, 0.6) is 0 Å². The summed E-state index contributed by atoms with van der Waals surface area (Å²) in [7, 11) is 0. The topological polar surface area (TPSA) is 44.9 Å². The minimum atomic E-state index is -4.39. The zero-order chi connectivity index (χ0) is 16.5. The maximum Gasteiger partial charge on any atom is 0.416 e. The van der Waals surface area contributed by atoms with Crippen molar-refractivity contribution in [3.05, 3.63) is 58.4 Å². The molecule has 22 heavy (non-hydrogen) atoms. The Morgan fingerprint density at radius 2 is 1.91 bits per heavy atom. The lowest BCUT2D eigenvalue weighted by Gasteiger charge is -2.16. The number of carbonyl (C=O) groups is 1. The molecular formula is C16H17F3N2O. The molecule has 0 saturated heterocycles. The van der Waals surface area contributed by atoms with Crippen LogP contribution in [0.15, 0.2) is 30.3 Å². The Hall–Kier alpha value is -2.24. The molecule has 0 saturated carbocycles. The van der Waals surface area contributed by atoms with E-state index in [9.17, 15) is 18.0 Å². The van der Waals surface area contributed by atoms with Crippen LogP contribution in [-0.4, -0.2) is 10.9 Å². The van der Waals surface area contributed by atoms with E-state index in [1.165, 1.54) is 6.07 Å². The first-order chi connectivity index (χ1) is 10.2. The highest BCUT2D eigenvalue weighted by atomic mass is 19.4. The third-order valence-electron chi connectivity index (χ3n) is 3.46. The van der Waals surface area contributed by atoms with Crippen LogP contribution in [0.4, 0.5) is 13.2 Å². The Balaban J connectivity index is 2.17. The van der Waals surface area contributed by atoms with Crippen molar-refractivity contribution in [2.24, 2.45) is 0 Å². The molecule has 0 aliphatic heterocycles. The maximum atomic E-state index is 12.7. The fraction of sp³-hybridized carbons (Fsp3) is 0.312. The van der Waals surface area contributed by atoms with Crippen molar-refractivity contribution in [2.45, 2.75) is 33.0 Å². The molecule has 1 aromatic heterocycles. The highest BCUT2D eigenvalue weighted by molar-refractivity contribution is 5.95. The Kier molecular flexibility index (Phi) is 4.30. The molecule has 3 nitrogen and oxygen atoms in total. The summed E-state index contributed by atoms with van der Waals surface area (Å²) in [5.74, 6) is -0.313. The molecule has 0 unspecified atom stereocenters. The van der Waals surface area contributed by atoms with Gasteiger partial charge < -0.3 is 10.3 Å². The molecule has 2 rings (SSSR count). The quantitative estimate of drug-likeness (QED) is 0.879. The Morgan fingerprint density at radius 3 is 2.45 bits per heavy atom. The number of aryl methyl sites for hydroxylation is 2. The summed E-state index contributed by atoms with van der Waals surface area (Å²) in [5, 5.41) is 2.72. The standard InChI is InChI=1S/C16H17F3N2O/c1-9-7-14(11(3)20-9)15(22)21-10(2)12-5-4-6-13(8-12)16(17,18)19/h4-8,10,20H,1-3H3,(H,21,22)/t10-/m0/s1. The summed E-state index contributed by atoms with van der Waals surface area (Å²) >= 11 is 0. The molecular weight excluding hydrogens is 293 g/mol. The number of hydrogen-bond acceptors (Lipinski definition) is 1. The molecule has 0 aliphatic carbocycles. The van der Waals surface area contributed by atoms with Gasteiger partial charge in [0.1, 0.15) is 0 Å². The number of alkyl halides is 3. The van der Waals surface area contributed by atoms with Crippen molar-refractivity contribution < 1.29 is 18.0 Å². The Bertz CT molecular complexity index is 689. The highest BCUT2D eigenvalue weighted by Gasteiger charge is 2.30. The predicted octanol–water partition coefficient (Wildman–Crippen LogP) is 4.14. The van der Waals surface area contributed by atoms with Gasteiger partial charge in [-0.15, -0.1) is 0 Å². The van der Waals surface area contributed by atoms with Gasteiger partial charge in [0.25, 0.3) is 5.91 Å². The van der Waals surface area contributed by atoms with E-state index in [1.54, 1.807) is 26.0 Å². The van der Waals surface area contributed by atoms with Gasteiger partial charge in [-0.3, -0.25) is 4.79 Å². The summed E-state index contributed by atoms with van der Waals surface area (Å²) in [6.45, 7) is 5.26. The van der Waals surface area contributed by atoms with Crippen molar-refractivity contribution >= 4 is 5.91 Å². The number of amides is 1. The number of nitrogens with one attached hydrogen (secondary N) is 2. The monoisotopic (exact) mass is 310 g/mol. The molecule has 6 heteroatoms. The molecule has 118 valence electrons. The number of aromatic amines is 1. The minimum Gasteiger partial charge on any atom is -0.362 e. The largest absolute Gasteiger partial charge is 0.416 e. The fourth-order valence-corrected chi connectivity index (χ4v) is 2.30. The zero-order valence-electron chi connectivity index (χ0n) is 12.5. The molecule has 0 fully saturated rings. The fourth-order valence-electron chi connectivity index (χ4n) is 2.30. The lowest BCUT2D eigenvalue weighted by atomic mass is 10.0. The van der Waals surface area contributed by atoms with E-state index >= 15 is 0 Å². The number of benzene rings is 1. The zero-order valence-corrected chi connectivity index (χ0v) is 12.5. The van der Waals surface area contributed by atoms with Crippen LogP contribution in [0.25, 0.3) is 0 Å². The average molecular weight is 310 g/mol. The number of rotatable bonds is 3. The molecule has 1 amide bonds. The molecule has 0 bridgehead atoms. The summed E-state index contributed by atoms with van der Waals surface area (Å²) < 4.78 is 38.2. The van der Waals surface area contributed by atoms with E-state index in [0.29, 0.717) is 11.1 Å². The van der Waals surface area contributed by atoms with Crippen molar-refractivity contribution in [3.8, 4) is 0 Å². The van der Waals surface area contributed by atoms with Crippen LogP contribution in [0, 0.1) is 13.8 Å². The van der Waals surface area contributed by atoms with Crippen LogP contribution in [0.3, 0.4) is 0 Å². The first-order valence-corrected chi connectivity index (χ1v) is 6.82. The third-order valence-corrected chi connectivity index (χ3v) is 3.46. The summed E-state index contributed by atoms with van der Waals surface area (Å²) in [5.41, 5.74) is 1.77. The lowest BCUT2D eigenvalue weighted by molar-refractivity contribution is -0.137. The summed E-state index contributed by atoms with van der Waals surface area (Å²) in [6, 6.07) is 6.16. The minimum absolute atomic E-state index is 0.313. The predicted molar refractivity (Wildman–Crippen MR) is 77.6 cm³/mol. The van der Waals surface area contributed by atoms with Crippen LogP contribution in [0.1, 0.15) is 45.8 Å². The van der Waals surface area contributed by atoms with E-state index in [-0.39, 0.29) is 5.91 Å². The molecule has 2 N–H and O–H groups in total. The molecule has 0 spiro atoms. The SMILES string of the molecule is Cc1cc(C(=O)N[C@@H](C)c2cccc(C(F)(F)F)c2)c(C)[nH]1. The molecule has 1 aromatic carbocycles. The smallest absolute Gasteiger partial charge is 0.362 e. The number of aromatic nitrogens is 1. The van der Waals surface area contributed by atoms with Gasteiger partial charge in [0.15, 0.2) is 0 Å². The second-order valence-electron chi connectivity index (χ2n) is 5.31. The van der Waals surface area contributed by atoms with Crippen LogP contribution in [-0.2, 0) is 6.18 Å². The van der Waals surface area contributed by atoms with E-state index in [0.717, 1.165) is 23.5 Å². The van der Waals surface area contributed by atoms with E-state index in [1.807, 2.05) is 6.92 Å². The second kappa shape index (κ2) is 5.87. The number of carbonyl (C=O) groups excluding carboxylic acids is 1. The van der Waals surface area contributed by atoms with Crippen LogP contribution in [0.2, 0.25) is 0 Å². The van der Waals surface area contributed by atoms with Gasteiger partial charge in [0.2, 0.25) is 0 Å². The van der Waals surface area contributed by atoms with Gasteiger partial charge >= 0.3 is 6.18 Å². The maximum absolute atomic E-state index is 12.7. The first-order valence-electron chi connectivity index (χ1n) is 6.82. The number of halogens is 3. The van der Waals surface area contributed by atoms with Gasteiger partial charge in [0.05, 0.1) is 17.2 Å². The van der Waals surface area contributed by atoms with Crippen LogP contribution >= 0.6 is 0 Å². The molecule has 1 heterocycles. The number of hydrogen-bond donors (Lipinski definition) is 2. The van der Waals surface area contributed by atoms with Gasteiger partial charge in [-0.05, 0) is 44.5 Å². The van der Waals surface area contributed by atoms with E-state index in [2.05, 4.69) is 10.3 Å². The van der Waals surface area contributed by atoms with E-state index < -0.39 is 17.8 Å². The van der Waals surface area contributed by atoms with Crippen molar-refractivity contribution in [2.75, 3.05) is 0 Å². The highest BCUT2D eigenvalue weighted by Crippen LogP contribution is 2.30. The Labute approximate surface area is 126 Å². The first kappa shape index (κ1) is 16.1. The van der Waals surface area contributed by atoms with Gasteiger partial charge in [0, 0.05) is 11.4 Å². The number of H-pyrrole nitrogens is 1. The Morgan fingerprint density at radius 1 is 1.23 bits per heavy atom. The summed E-state index contributed by atoms with van der Waals surface area (Å²) in [6.07, 6.45) is -4.39. The third kappa shape index (κ3) is 3.50. The van der Waals surface area contributed by atoms with Crippen molar-refractivity contribution in [1.82, 2.24) is 10.3 Å². The van der Waals surface area contributed by atoms with Gasteiger partial charge in [-0.25, -0.2) is 0 Å². The molecule has 0 aliphatic rings. The summed E-state index contributed by atoms with van der Waals surface area (Å²) in [4.78, 5) is 15.2. The second-order valence-corrected chi connectivity index (χ2v) is 5.31. The average Bonchev–Trinajstić information content (AvgIpc) is 2.77. The molecule has 0 radical (unpaired) electrons. The van der Waals surface area contributed by atoms with E-state index in [4.69, 9.17) is 0 Å². The molecule has 2 aromatic rings. The van der Waals surface area contributed by atoms with Gasteiger partial charge in [-0.1, -0.05) is 12.1 Å². The van der Waals surface area contributed by atoms with Crippen molar-refractivity contribution in [1.29, 1.82) is 0 Å².